The molecule has 0 aliphatic heterocycles. The highest BCUT2D eigenvalue weighted by Gasteiger charge is 2.21. The van der Waals surface area contributed by atoms with E-state index in [-0.39, 0.29) is 0 Å². The van der Waals surface area contributed by atoms with Gasteiger partial charge in [0.15, 0.2) is 0 Å². The molecule has 1 atom stereocenters. The fourth-order valence-corrected chi connectivity index (χ4v) is 3.20. The Morgan fingerprint density at radius 3 is 2.35 bits per heavy atom. The van der Waals surface area contributed by atoms with Crippen molar-refractivity contribution in [2.75, 3.05) is 6.54 Å². The van der Waals surface area contributed by atoms with Gasteiger partial charge in [0.25, 0.3) is 0 Å². The molecule has 1 unspecified atom stereocenters. The highest BCUT2D eigenvalue weighted by atomic mass is 16.5. The maximum Gasteiger partial charge on any atom is 0.0675 e. The van der Waals surface area contributed by atoms with Gasteiger partial charge >= 0.3 is 0 Å². The zero-order valence-corrected chi connectivity index (χ0v) is 11.6. The molecule has 0 aromatic carbocycles. The van der Waals surface area contributed by atoms with Crippen LogP contribution in [0.2, 0.25) is 0 Å². The van der Waals surface area contributed by atoms with Crippen LogP contribution in [-0.2, 0) is 4.74 Å². The molecule has 2 rings (SSSR count). The topological polar surface area (TPSA) is 21.3 Å². The van der Waals surface area contributed by atoms with Crippen molar-refractivity contribution in [3.05, 3.63) is 0 Å². The first-order chi connectivity index (χ1) is 8.24. The number of ether oxygens (including phenoxy) is 1. The largest absolute Gasteiger partial charge is 0.374 e. The van der Waals surface area contributed by atoms with Crippen LogP contribution in [0.1, 0.15) is 65.2 Å². The molecule has 100 valence electrons. The van der Waals surface area contributed by atoms with E-state index < -0.39 is 0 Å². The molecule has 2 saturated carbocycles. The van der Waals surface area contributed by atoms with E-state index in [9.17, 15) is 0 Å². The molecule has 0 heterocycles. The molecule has 1 N–H and O–H groups in total. The van der Waals surface area contributed by atoms with Crippen LogP contribution in [0.3, 0.4) is 0 Å². The minimum atomic E-state index is 0.383. The molecule has 0 spiro atoms. The maximum atomic E-state index is 6.14. The van der Waals surface area contributed by atoms with Gasteiger partial charge in [-0.25, -0.2) is 0 Å². The van der Waals surface area contributed by atoms with Crippen LogP contribution in [0.15, 0.2) is 0 Å². The first-order valence-electron chi connectivity index (χ1n) is 7.63. The number of nitrogens with one attached hydrogen (secondary N) is 1. The van der Waals surface area contributed by atoms with Crippen molar-refractivity contribution in [1.29, 1.82) is 0 Å². The molecule has 2 aliphatic rings. The van der Waals surface area contributed by atoms with Crippen molar-refractivity contribution in [2.24, 2.45) is 5.92 Å². The van der Waals surface area contributed by atoms with Crippen LogP contribution < -0.4 is 5.32 Å². The van der Waals surface area contributed by atoms with Crippen molar-refractivity contribution in [3.63, 3.8) is 0 Å². The Balaban J connectivity index is 1.58. The van der Waals surface area contributed by atoms with Gasteiger partial charge in [0.1, 0.15) is 0 Å². The van der Waals surface area contributed by atoms with E-state index in [0.717, 1.165) is 18.5 Å². The van der Waals surface area contributed by atoms with Gasteiger partial charge in [-0.2, -0.15) is 0 Å². The lowest BCUT2D eigenvalue weighted by molar-refractivity contribution is -0.0267. The van der Waals surface area contributed by atoms with Gasteiger partial charge in [-0.05, 0) is 51.4 Å². The van der Waals surface area contributed by atoms with Crippen LogP contribution in [-0.4, -0.2) is 24.8 Å². The van der Waals surface area contributed by atoms with Crippen LogP contribution in [0.25, 0.3) is 0 Å². The molecular formula is C15H29NO. The van der Waals surface area contributed by atoms with Gasteiger partial charge in [0.05, 0.1) is 12.2 Å². The molecule has 2 fully saturated rings. The molecule has 2 aliphatic carbocycles. The minimum Gasteiger partial charge on any atom is -0.374 e. The van der Waals surface area contributed by atoms with Gasteiger partial charge in [-0.1, -0.05) is 19.8 Å². The summed E-state index contributed by atoms with van der Waals surface area (Å²) in [6, 6.07) is 0.771. The third-order valence-corrected chi connectivity index (χ3v) is 4.44. The Morgan fingerprint density at radius 2 is 1.71 bits per heavy atom. The summed E-state index contributed by atoms with van der Waals surface area (Å²) in [5.41, 5.74) is 0. The average molecular weight is 239 g/mol. The second kappa shape index (κ2) is 6.75. The van der Waals surface area contributed by atoms with Gasteiger partial charge in [0.2, 0.25) is 0 Å². The quantitative estimate of drug-likeness (QED) is 0.793. The van der Waals surface area contributed by atoms with Crippen molar-refractivity contribution in [1.82, 2.24) is 5.32 Å². The predicted molar refractivity (Wildman–Crippen MR) is 72.2 cm³/mol. The number of hydrogen-bond donors (Lipinski definition) is 1. The molecule has 17 heavy (non-hydrogen) atoms. The van der Waals surface area contributed by atoms with E-state index in [4.69, 9.17) is 4.74 Å². The summed E-state index contributed by atoms with van der Waals surface area (Å²) in [6.07, 6.45) is 11.7. The van der Waals surface area contributed by atoms with E-state index in [1.165, 1.54) is 51.4 Å². The highest BCUT2D eigenvalue weighted by Crippen LogP contribution is 2.26. The third-order valence-electron chi connectivity index (χ3n) is 4.44. The van der Waals surface area contributed by atoms with Crippen molar-refractivity contribution >= 4 is 0 Å². The van der Waals surface area contributed by atoms with E-state index in [2.05, 4.69) is 19.2 Å². The van der Waals surface area contributed by atoms with Gasteiger partial charge in [-0.15, -0.1) is 0 Å². The molecule has 2 heteroatoms. The van der Waals surface area contributed by atoms with E-state index in [1.807, 2.05) is 0 Å². The highest BCUT2D eigenvalue weighted by molar-refractivity contribution is 4.76. The minimum absolute atomic E-state index is 0.383. The van der Waals surface area contributed by atoms with Crippen molar-refractivity contribution < 1.29 is 4.74 Å². The zero-order chi connectivity index (χ0) is 12.1. The molecular weight excluding hydrogens is 210 g/mol. The second-order valence-corrected chi connectivity index (χ2v) is 6.22. The second-order valence-electron chi connectivity index (χ2n) is 6.22. The van der Waals surface area contributed by atoms with Crippen LogP contribution in [0.4, 0.5) is 0 Å². The lowest BCUT2D eigenvalue weighted by Gasteiger charge is -2.29. The molecule has 0 radical (unpaired) electrons. The Bertz CT molecular complexity index is 205. The first kappa shape index (κ1) is 13.4. The smallest absolute Gasteiger partial charge is 0.0675 e. The standard InChI is InChI=1S/C15H29NO/c1-12-7-9-15(10-8-12)17-13(2)11-16-14-5-3-4-6-14/h12-16H,3-11H2,1-2H3. The maximum absolute atomic E-state index is 6.14. The average Bonchev–Trinajstić information content (AvgIpc) is 2.83. The molecule has 0 amide bonds. The Labute approximate surface area is 107 Å². The predicted octanol–water partition coefficient (Wildman–Crippen LogP) is 3.50. The lowest BCUT2D eigenvalue weighted by atomic mass is 9.89. The summed E-state index contributed by atoms with van der Waals surface area (Å²) in [4.78, 5) is 0. The Hall–Kier alpha value is -0.0800. The van der Waals surface area contributed by atoms with E-state index >= 15 is 0 Å². The van der Waals surface area contributed by atoms with Gasteiger partial charge in [-0.3, -0.25) is 0 Å². The lowest BCUT2D eigenvalue weighted by Crippen LogP contribution is -2.36. The summed E-state index contributed by atoms with van der Waals surface area (Å²) in [7, 11) is 0. The van der Waals surface area contributed by atoms with Gasteiger partial charge < -0.3 is 10.1 Å². The van der Waals surface area contributed by atoms with E-state index in [0.29, 0.717) is 12.2 Å². The van der Waals surface area contributed by atoms with E-state index in [1.54, 1.807) is 0 Å². The summed E-state index contributed by atoms with van der Waals surface area (Å²) < 4.78 is 6.14. The molecule has 0 aromatic rings. The number of rotatable bonds is 5. The molecule has 0 bridgehead atoms. The third kappa shape index (κ3) is 4.59. The fourth-order valence-electron chi connectivity index (χ4n) is 3.20. The van der Waals surface area contributed by atoms with Crippen molar-refractivity contribution in [3.8, 4) is 0 Å². The van der Waals surface area contributed by atoms with Crippen LogP contribution in [0, 0.1) is 5.92 Å². The molecule has 2 nitrogen and oxygen atoms in total. The molecule has 0 saturated heterocycles. The SMILES string of the molecule is CC1CCC(OC(C)CNC2CCCC2)CC1. The fraction of sp³-hybridized carbons (Fsp3) is 1.00. The van der Waals surface area contributed by atoms with Gasteiger partial charge in [0, 0.05) is 12.6 Å². The van der Waals surface area contributed by atoms with Crippen LogP contribution in [0.5, 0.6) is 0 Å². The van der Waals surface area contributed by atoms with Crippen LogP contribution >= 0.6 is 0 Å². The molecule has 0 aromatic heterocycles. The summed E-state index contributed by atoms with van der Waals surface area (Å²) in [5, 5.41) is 3.65. The van der Waals surface area contributed by atoms with Crippen molar-refractivity contribution in [2.45, 2.75) is 83.5 Å². The Morgan fingerprint density at radius 1 is 1.06 bits per heavy atom. The Kier molecular flexibility index (Phi) is 5.30. The summed E-state index contributed by atoms with van der Waals surface area (Å²) in [5.74, 6) is 0.918. The zero-order valence-electron chi connectivity index (χ0n) is 11.6. The first-order valence-corrected chi connectivity index (χ1v) is 7.63. The summed E-state index contributed by atoms with van der Waals surface area (Å²) >= 11 is 0. The number of hydrogen-bond acceptors (Lipinski definition) is 2. The monoisotopic (exact) mass is 239 g/mol. The normalized spacial score (nSPS) is 32.8. The summed E-state index contributed by atoms with van der Waals surface area (Å²) in [6.45, 7) is 5.62.